The van der Waals surface area contributed by atoms with Crippen molar-refractivity contribution in [1.82, 2.24) is 4.57 Å². The molecule has 1 aromatic heterocycles. The van der Waals surface area contributed by atoms with Crippen LogP contribution in [0.1, 0.15) is 5.56 Å². The van der Waals surface area contributed by atoms with Gasteiger partial charge in [-0.15, -0.1) is 0 Å². The third kappa shape index (κ3) is 4.68. The van der Waals surface area contributed by atoms with E-state index in [-0.39, 0.29) is 16.7 Å². The van der Waals surface area contributed by atoms with E-state index in [0.717, 1.165) is 10.6 Å². The van der Waals surface area contributed by atoms with Gasteiger partial charge in [0, 0.05) is 26.9 Å². The molecule has 0 bridgehead atoms. The maximum atomic E-state index is 12.8. The molecule has 0 atom stereocenters. The molecule has 1 heterocycles. The number of amides is 1. The first-order valence-electron chi connectivity index (χ1n) is 6.19. The number of carbonyl (C=O) groups excluding carboxylic acids is 1. The molecule has 0 saturated carbocycles. The van der Waals surface area contributed by atoms with Crippen molar-refractivity contribution in [3.05, 3.63) is 61.4 Å². The highest BCUT2D eigenvalue weighted by atomic mass is 79.9. The molecule has 0 fully saturated rings. The van der Waals surface area contributed by atoms with Gasteiger partial charge >= 0.3 is 6.18 Å². The maximum absolute atomic E-state index is 12.8. The molecule has 2 aromatic rings. The van der Waals surface area contributed by atoms with Crippen LogP contribution in [0.3, 0.4) is 0 Å². The lowest BCUT2D eigenvalue weighted by molar-refractivity contribution is -0.138. The number of aromatic nitrogens is 1. The molecule has 0 unspecified atom stereocenters. The SMILES string of the molecule is O=C(Cn1cc(Br)ccc1=O)Nc1ccc(Br)c(C(F)(F)F)c1. The first-order valence-corrected chi connectivity index (χ1v) is 7.78. The minimum absolute atomic E-state index is 0.00595. The fourth-order valence-corrected chi connectivity index (χ4v) is 2.65. The third-order valence-corrected chi connectivity index (χ3v) is 3.98. The minimum Gasteiger partial charge on any atom is -0.325 e. The fraction of sp³-hybridized carbons (Fsp3) is 0.143. The van der Waals surface area contributed by atoms with Crippen LogP contribution in [-0.4, -0.2) is 10.5 Å². The molecule has 122 valence electrons. The van der Waals surface area contributed by atoms with Gasteiger partial charge in [-0.3, -0.25) is 9.59 Å². The summed E-state index contributed by atoms with van der Waals surface area (Å²) in [6.45, 7) is -0.310. The highest BCUT2D eigenvalue weighted by Crippen LogP contribution is 2.36. The van der Waals surface area contributed by atoms with Crippen molar-refractivity contribution in [2.24, 2.45) is 0 Å². The number of nitrogens with one attached hydrogen (secondary N) is 1. The van der Waals surface area contributed by atoms with Crippen molar-refractivity contribution >= 4 is 43.5 Å². The van der Waals surface area contributed by atoms with Gasteiger partial charge in [0.1, 0.15) is 6.54 Å². The topological polar surface area (TPSA) is 51.1 Å². The lowest BCUT2D eigenvalue weighted by Gasteiger charge is -2.12. The molecule has 0 saturated heterocycles. The number of alkyl halides is 3. The normalized spacial score (nSPS) is 11.3. The molecule has 9 heteroatoms. The maximum Gasteiger partial charge on any atom is 0.417 e. The molecule has 23 heavy (non-hydrogen) atoms. The molecule has 2 rings (SSSR count). The Kier molecular flexibility index (Phi) is 5.30. The summed E-state index contributed by atoms with van der Waals surface area (Å²) in [4.78, 5) is 23.5. The van der Waals surface area contributed by atoms with E-state index in [1.54, 1.807) is 0 Å². The van der Waals surface area contributed by atoms with Crippen LogP contribution in [0.25, 0.3) is 0 Å². The highest BCUT2D eigenvalue weighted by Gasteiger charge is 2.33. The Bertz CT molecular complexity index is 803. The summed E-state index contributed by atoms with van der Waals surface area (Å²) in [6, 6.07) is 6.16. The Labute approximate surface area is 145 Å². The number of halogens is 5. The third-order valence-electron chi connectivity index (χ3n) is 2.82. The molecule has 4 nitrogen and oxygen atoms in total. The van der Waals surface area contributed by atoms with Gasteiger partial charge in [0.2, 0.25) is 5.91 Å². The Hall–Kier alpha value is -1.61. The Morgan fingerprint density at radius 2 is 1.87 bits per heavy atom. The Morgan fingerprint density at radius 3 is 2.52 bits per heavy atom. The molecule has 1 aromatic carbocycles. The van der Waals surface area contributed by atoms with Crippen molar-refractivity contribution in [3.63, 3.8) is 0 Å². The zero-order valence-electron chi connectivity index (χ0n) is 11.3. The van der Waals surface area contributed by atoms with E-state index >= 15 is 0 Å². The van der Waals surface area contributed by atoms with Crippen LogP contribution >= 0.6 is 31.9 Å². The predicted molar refractivity (Wildman–Crippen MR) is 86.2 cm³/mol. The lowest BCUT2D eigenvalue weighted by atomic mass is 10.2. The average Bonchev–Trinajstić information content (AvgIpc) is 2.44. The van der Waals surface area contributed by atoms with Gasteiger partial charge in [0.15, 0.2) is 0 Å². The van der Waals surface area contributed by atoms with E-state index in [2.05, 4.69) is 37.2 Å². The van der Waals surface area contributed by atoms with E-state index in [1.165, 1.54) is 30.5 Å². The molecule has 0 spiro atoms. The first-order chi connectivity index (χ1) is 10.7. The molecule has 0 aliphatic heterocycles. The highest BCUT2D eigenvalue weighted by molar-refractivity contribution is 9.10. The van der Waals surface area contributed by atoms with Gasteiger partial charge < -0.3 is 9.88 Å². The molecule has 0 aliphatic rings. The van der Waals surface area contributed by atoms with Crippen molar-refractivity contribution < 1.29 is 18.0 Å². The zero-order valence-corrected chi connectivity index (χ0v) is 14.5. The number of anilines is 1. The van der Waals surface area contributed by atoms with Crippen LogP contribution in [0, 0.1) is 0 Å². The van der Waals surface area contributed by atoms with Crippen LogP contribution in [-0.2, 0) is 17.5 Å². The van der Waals surface area contributed by atoms with Crippen LogP contribution in [0.4, 0.5) is 18.9 Å². The lowest BCUT2D eigenvalue weighted by Crippen LogP contribution is -2.26. The second-order valence-corrected chi connectivity index (χ2v) is 6.32. The molecular formula is C14H9Br2F3N2O2. The second kappa shape index (κ2) is 6.88. The standard InChI is InChI=1S/C14H9Br2F3N2O2/c15-8-1-4-13(23)21(6-8)7-12(22)20-9-2-3-11(16)10(5-9)14(17,18)19/h1-6H,7H2,(H,20,22). The summed E-state index contributed by atoms with van der Waals surface area (Å²) in [5, 5.41) is 2.34. The van der Waals surface area contributed by atoms with E-state index < -0.39 is 23.2 Å². The van der Waals surface area contributed by atoms with Gasteiger partial charge in [0.05, 0.1) is 5.56 Å². The number of hydrogen-bond donors (Lipinski definition) is 1. The number of rotatable bonds is 3. The van der Waals surface area contributed by atoms with E-state index in [1.807, 2.05) is 0 Å². The number of pyridine rings is 1. The Balaban J connectivity index is 2.18. The average molecular weight is 454 g/mol. The second-order valence-electron chi connectivity index (χ2n) is 4.55. The van der Waals surface area contributed by atoms with Crippen molar-refractivity contribution in [2.75, 3.05) is 5.32 Å². The van der Waals surface area contributed by atoms with Crippen molar-refractivity contribution in [1.29, 1.82) is 0 Å². The van der Waals surface area contributed by atoms with Crippen molar-refractivity contribution in [2.45, 2.75) is 12.7 Å². The summed E-state index contributed by atoms with van der Waals surface area (Å²) in [6.07, 6.45) is -3.12. The zero-order chi connectivity index (χ0) is 17.2. The van der Waals surface area contributed by atoms with Gasteiger partial charge in [0.25, 0.3) is 5.56 Å². The number of benzene rings is 1. The molecule has 1 N–H and O–H groups in total. The van der Waals surface area contributed by atoms with Gasteiger partial charge in [-0.05, 0) is 40.2 Å². The molecule has 0 radical (unpaired) electrons. The summed E-state index contributed by atoms with van der Waals surface area (Å²) < 4.78 is 40.1. The van der Waals surface area contributed by atoms with E-state index in [9.17, 15) is 22.8 Å². The number of hydrogen-bond acceptors (Lipinski definition) is 2. The molecule has 0 aliphatic carbocycles. The van der Waals surface area contributed by atoms with Crippen LogP contribution in [0.15, 0.2) is 50.3 Å². The van der Waals surface area contributed by atoms with Gasteiger partial charge in [-0.25, -0.2) is 0 Å². The predicted octanol–water partition coefficient (Wildman–Crippen LogP) is 4.03. The van der Waals surface area contributed by atoms with Crippen LogP contribution < -0.4 is 10.9 Å². The monoisotopic (exact) mass is 452 g/mol. The Morgan fingerprint density at radius 1 is 1.17 bits per heavy atom. The number of nitrogens with zero attached hydrogens (tertiary/aromatic N) is 1. The van der Waals surface area contributed by atoms with Crippen molar-refractivity contribution in [3.8, 4) is 0 Å². The first kappa shape index (κ1) is 17.7. The number of carbonyl (C=O) groups is 1. The van der Waals surface area contributed by atoms with Gasteiger partial charge in [-0.2, -0.15) is 13.2 Å². The molecule has 1 amide bonds. The molecular weight excluding hydrogens is 445 g/mol. The fourth-order valence-electron chi connectivity index (χ4n) is 1.80. The van der Waals surface area contributed by atoms with Crippen LogP contribution in [0.2, 0.25) is 0 Å². The summed E-state index contributed by atoms with van der Waals surface area (Å²) in [7, 11) is 0. The minimum atomic E-state index is -4.54. The van der Waals surface area contributed by atoms with Gasteiger partial charge in [-0.1, -0.05) is 15.9 Å². The van der Waals surface area contributed by atoms with E-state index in [0.29, 0.717) is 4.47 Å². The summed E-state index contributed by atoms with van der Waals surface area (Å²) in [5.41, 5.74) is -1.29. The smallest absolute Gasteiger partial charge is 0.325 e. The largest absolute Gasteiger partial charge is 0.417 e. The van der Waals surface area contributed by atoms with Crippen LogP contribution in [0.5, 0.6) is 0 Å². The quantitative estimate of drug-likeness (QED) is 0.762. The summed E-state index contributed by atoms with van der Waals surface area (Å²) >= 11 is 5.99. The summed E-state index contributed by atoms with van der Waals surface area (Å²) in [5.74, 6) is -0.611. The van der Waals surface area contributed by atoms with E-state index in [4.69, 9.17) is 0 Å².